The first-order valence-electron chi connectivity index (χ1n) is 8.07. The van der Waals surface area contributed by atoms with Gasteiger partial charge in [-0.2, -0.15) is 0 Å². The van der Waals surface area contributed by atoms with Gasteiger partial charge in [-0.1, -0.05) is 19.1 Å². The van der Waals surface area contributed by atoms with Gasteiger partial charge in [-0.15, -0.1) is 0 Å². The minimum atomic E-state index is -0.424. The molecule has 2 rings (SSSR count). The van der Waals surface area contributed by atoms with Crippen molar-refractivity contribution in [1.82, 2.24) is 10.2 Å². The molecule has 1 aliphatic rings. The summed E-state index contributed by atoms with van der Waals surface area (Å²) < 4.78 is 0. The molecule has 23 heavy (non-hydrogen) atoms. The summed E-state index contributed by atoms with van der Waals surface area (Å²) in [5.74, 6) is 0.682. The first-order valence-corrected chi connectivity index (χ1v) is 8.07. The van der Waals surface area contributed by atoms with Crippen molar-refractivity contribution >= 4 is 11.6 Å². The molecule has 1 amide bonds. The Morgan fingerprint density at radius 1 is 1.39 bits per heavy atom. The first-order chi connectivity index (χ1) is 10.8. The van der Waals surface area contributed by atoms with E-state index >= 15 is 0 Å². The highest BCUT2D eigenvalue weighted by atomic mass is 16.6. The second kappa shape index (κ2) is 7.08. The lowest BCUT2D eigenvalue weighted by molar-refractivity contribution is -0.384. The third kappa shape index (κ3) is 4.51. The van der Waals surface area contributed by atoms with Crippen molar-refractivity contribution in [2.24, 2.45) is 5.92 Å². The first kappa shape index (κ1) is 17.4. The third-order valence-electron chi connectivity index (χ3n) is 4.49. The van der Waals surface area contributed by atoms with E-state index in [2.05, 4.69) is 12.2 Å². The van der Waals surface area contributed by atoms with Crippen LogP contribution >= 0.6 is 0 Å². The number of hydrogen-bond acceptors (Lipinski definition) is 4. The molecular weight excluding hydrogens is 294 g/mol. The van der Waals surface area contributed by atoms with Gasteiger partial charge >= 0.3 is 0 Å². The van der Waals surface area contributed by atoms with E-state index in [9.17, 15) is 14.9 Å². The van der Waals surface area contributed by atoms with Crippen molar-refractivity contribution in [3.8, 4) is 0 Å². The van der Waals surface area contributed by atoms with E-state index in [0.717, 1.165) is 25.1 Å². The largest absolute Gasteiger partial charge is 0.341 e. The number of carbonyl (C=O) groups excluding carboxylic acids is 1. The second-order valence-electron chi connectivity index (χ2n) is 6.87. The van der Waals surface area contributed by atoms with Gasteiger partial charge in [0.1, 0.15) is 0 Å². The Labute approximate surface area is 137 Å². The van der Waals surface area contributed by atoms with Crippen LogP contribution in [0.4, 0.5) is 5.69 Å². The summed E-state index contributed by atoms with van der Waals surface area (Å²) in [6.45, 7) is 8.06. The Morgan fingerprint density at radius 2 is 2.04 bits per heavy atom. The lowest BCUT2D eigenvalue weighted by Gasteiger charge is -2.33. The van der Waals surface area contributed by atoms with Gasteiger partial charge in [-0.25, -0.2) is 0 Å². The number of nitrogens with zero attached hydrogens (tertiary/aromatic N) is 2. The van der Waals surface area contributed by atoms with E-state index < -0.39 is 10.5 Å². The maximum Gasteiger partial charge on any atom is 0.269 e. The van der Waals surface area contributed by atoms with Gasteiger partial charge in [0.25, 0.3) is 5.69 Å². The number of nitro groups is 1. The molecule has 0 bridgehead atoms. The number of carbonyl (C=O) groups is 1. The molecule has 1 saturated heterocycles. The molecule has 1 atom stereocenters. The Hall–Kier alpha value is -1.95. The van der Waals surface area contributed by atoms with E-state index in [-0.39, 0.29) is 18.1 Å². The van der Waals surface area contributed by atoms with E-state index in [1.807, 2.05) is 18.7 Å². The standard InChI is InChI=1S/C17H25N3O3/c1-13-5-4-10-19(12-13)16(21)11-18-17(2,3)14-6-8-15(9-7-14)20(22)23/h6-9,13,18H,4-5,10-12H2,1-3H3/t13-/m1/s1. The highest BCUT2D eigenvalue weighted by Crippen LogP contribution is 2.23. The number of benzene rings is 1. The summed E-state index contributed by atoms with van der Waals surface area (Å²) in [6, 6.07) is 6.46. The van der Waals surface area contributed by atoms with Crippen molar-refractivity contribution < 1.29 is 9.72 Å². The Bertz CT molecular complexity index is 569. The van der Waals surface area contributed by atoms with E-state index in [1.165, 1.54) is 18.6 Å². The molecule has 0 radical (unpaired) electrons. The van der Waals surface area contributed by atoms with Gasteiger partial charge in [0, 0.05) is 30.8 Å². The van der Waals surface area contributed by atoms with Gasteiger partial charge in [0.05, 0.1) is 11.5 Å². The number of hydrogen-bond donors (Lipinski definition) is 1. The predicted octanol–water partition coefficient (Wildman–Crippen LogP) is 2.68. The summed E-state index contributed by atoms with van der Waals surface area (Å²) in [5.41, 5.74) is 0.567. The summed E-state index contributed by atoms with van der Waals surface area (Å²) in [4.78, 5) is 24.6. The number of piperidine rings is 1. The summed E-state index contributed by atoms with van der Waals surface area (Å²) in [7, 11) is 0. The quantitative estimate of drug-likeness (QED) is 0.669. The zero-order valence-corrected chi connectivity index (χ0v) is 14.0. The fourth-order valence-corrected chi connectivity index (χ4v) is 2.93. The van der Waals surface area contributed by atoms with Gasteiger partial charge in [-0.05, 0) is 38.2 Å². The average Bonchev–Trinajstić information content (AvgIpc) is 2.52. The number of non-ortho nitro benzene ring substituents is 1. The fourth-order valence-electron chi connectivity index (χ4n) is 2.93. The molecule has 0 aromatic heterocycles. The molecule has 1 aliphatic heterocycles. The molecule has 0 aliphatic carbocycles. The smallest absolute Gasteiger partial charge is 0.269 e. The van der Waals surface area contributed by atoms with Crippen LogP contribution in [0.25, 0.3) is 0 Å². The molecule has 126 valence electrons. The van der Waals surface area contributed by atoms with Crippen LogP contribution in [0.1, 0.15) is 39.2 Å². The maximum absolute atomic E-state index is 12.3. The van der Waals surface area contributed by atoms with Crippen molar-refractivity contribution in [2.45, 2.75) is 39.2 Å². The minimum absolute atomic E-state index is 0.0722. The van der Waals surface area contributed by atoms with Gasteiger partial charge in [0.15, 0.2) is 0 Å². The van der Waals surface area contributed by atoms with Crippen LogP contribution in [0.3, 0.4) is 0 Å². The van der Waals surface area contributed by atoms with Crippen molar-refractivity contribution in [3.63, 3.8) is 0 Å². The number of nitro benzene ring substituents is 1. The topological polar surface area (TPSA) is 75.5 Å². The molecule has 1 fully saturated rings. The van der Waals surface area contributed by atoms with Crippen molar-refractivity contribution in [1.29, 1.82) is 0 Å². The van der Waals surface area contributed by atoms with E-state index in [4.69, 9.17) is 0 Å². The lowest BCUT2D eigenvalue weighted by atomic mass is 9.94. The molecule has 1 N–H and O–H groups in total. The molecule has 6 nitrogen and oxygen atoms in total. The Balaban J connectivity index is 1.95. The molecule has 1 aromatic rings. The molecule has 1 heterocycles. The predicted molar refractivity (Wildman–Crippen MR) is 89.1 cm³/mol. The molecular formula is C17H25N3O3. The number of nitrogens with one attached hydrogen (secondary N) is 1. The second-order valence-corrected chi connectivity index (χ2v) is 6.87. The molecule has 0 saturated carbocycles. The molecule has 1 aromatic carbocycles. The van der Waals surface area contributed by atoms with Crippen LogP contribution < -0.4 is 5.32 Å². The molecule has 0 unspecified atom stereocenters. The van der Waals surface area contributed by atoms with Crippen molar-refractivity contribution in [2.75, 3.05) is 19.6 Å². The van der Waals surface area contributed by atoms with Crippen LogP contribution in [0, 0.1) is 16.0 Å². The Kier molecular flexibility index (Phi) is 5.36. The zero-order chi connectivity index (χ0) is 17.0. The SMILES string of the molecule is C[C@@H]1CCCN(C(=O)CNC(C)(C)c2ccc([N+](=O)[O-])cc2)C1. The number of rotatable bonds is 5. The lowest BCUT2D eigenvalue weighted by Crippen LogP contribution is -2.47. The normalized spacial score (nSPS) is 18.7. The molecule has 6 heteroatoms. The van der Waals surface area contributed by atoms with Crippen LogP contribution in [-0.4, -0.2) is 35.4 Å². The average molecular weight is 319 g/mol. The highest BCUT2D eigenvalue weighted by molar-refractivity contribution is 5.78. The number of likely N-dealkylation sites (tertiary alicyclic amines) is 1. The Morgan fingerprint density at radius 3 is 2.61 bits per heavy atom. The monoisotopic (exact) mass is 319 g/mol. The van der Waals surface area contributed by atoms with Crippen LogP contribution in [0.2, 0.25) is 0 Å². The van der Waals surface area contributed by atoms with Crippen molar-refractivity contribution in [3.05, 3.63) is 39.9 Å². The van der Waals surface area contributed by atoms with Crippen LogP contribution in [0.15, 0.2) is 24.3 Å². The maximum atomic E-state index is 12.3. The summed E-state index contributed by atoms with van der Waals surface area (Å²) in [5, 5.41) is 14.0. The summed E-state index contributed by atoms with van der Waals surface area (Å²) >= 11 is 0. The third-order valence-corrected chi connectivity index (χ3v) is 4.49. The zero-order valence-electron chi connectivity index (χ0n) is 14.0. The number of amides is 1. The molecule has 0 spiro atoms. The highest BCUT2D eigenvalue weighted by Gasteiger charge is 2.25. The van der Waals surface area contributed by atoms with Gasteiger partial charge in [0.2, 0.25) is 5.91 Å². The van der Waals surface area contributed by atoms with Crippen LogP contribution in [0.5, 0.6) is 0 Å². The summed E-state index contributed by atoms with van der Waals surface area (Å²) in [6.07, 6.45) is 2.25. The fraction of sp³-hybridized carbons (Fsp3) is 0.588. The van der Waals surface area contributed by atoms with Gasteiger partial charge in [-0.3, -0.25) is 20.2 Å². The van der Waals surface area contributed by atoms with Crippen LogP contribution in [-0.2, 0) is 10.3 Å². The van der Waals surface area contributed by atoms with E-state index in [1.54, 1.807) is 12.1 Å². The van der Waals surface area contributed by atoms with Gasteiger partial charge < -0.3 is 4.90 Å². The minimum Gasteiger partial charge on any atom is -0.341 e. The van der Waals surface area contributed by atoms with E-state index in [0.29, 0.717) is 5.92 Å².